The maximum atomic E-state index is 13.6. The van der Waals surface area contributed by atoms with Crippen molar-refractivity contribution in [3.05, 3.63) is 52.0 Å². The SMILES string of the molecule is CC(C)C(NC1CCSc2ccc(F)cc21)c1cccs1. The quantitative estimate of drug-likeness (QED) is 0.808. The van der Waals surface area contributed by atoms with Gasteiger partial charge in [-0.1, -0.05) is 19.9 Å². The Hall–Kier alpha value is -0.840. The lowest BCUT2D eigenvalue weighted by Crippen LogP contribution is -2.31. The number of benzene rings is 1. The van der Waals surface area contributed by atoms with Crippen LogP contribution in [0.4, 0.5) is 4.39 Å². The molecule has 1 aliphatic heterocycles. The van der Waals surface area contributed by atoms with Crippen molar-refractivity contribution in [3.8, 4) is 0 Å². The molecule has 1 nitrogen and oxygen atoms in total. The topological polar surface area (TPSA) is 12.0 Å². The Morgan fingerprint density at radius 1 is 1.29 bits per heavy atom. The minimum atomic E-state index is -0.139. The zero-order valence-electron chi connectivity index (χ0n) is 12.3. The zero-order valence-corrected chi connectivity index (χ0v) is 13.9. The molecule has 0 amide bonds. The minimum Gasteiger partial charge on any atom is -0.302 e. The Bertz CT molecular complexity index is 595. The molecule has 2 unspecified atom stereocenters. The molecule has 1 aliphatic rings. The highest BCUT2D eigenvalue weighted by Gasteiger charge is 2.26. The van der Waals surface area contributed by atoms with Crippen LogP contribution >= 0.6 is 23.1 Å². The predicted molar refractivity (Wildman–Crippen MR) is 89.5 cm³/mol. The van der Waals surface area contributed by atoms with Gasteiger partial charge in [0.1, 0.15) is 5.82 Å². The molecule has 3 rings (SSSR count). The van der Waals surface area contributed by atoms with Crippen LogP contribution in [0.25, 0.3) is 0 Å². The van der Waals surface area contributed by atoms with E-state index in [2.05, 4.69) is 36.7 Å². The number of rotatable bonds is 4. The van der Waals surface area contributed by atoms with Crippen LogP contribution < -0.4 is 5.32 Å². The van der Waals surface area contributed by atoms with Gasteiger partial charge in [-0.2, -0.15) is 0 Å². The molecule has 0 spiro atoms. The van der Waals surface area contributed by atoms with Crippen molar-refractivity contribution in [1.29, 1.82) is 0 Å². The molecule has 112 valence electrons. The third-order valence-corrected chi connectivity index (χ3v) is 5.99. The van der Waals surface area contributed by atoms with Gasteiger partial charge in [0.15, 0.2) is 0 Å². The molecule has 2 heterocycles. The van der Waals surface area contributed by atoms with Gasteiger partial charge in [-0.15, -0.1) is 23.1 Å². The number of thioether (sulfide) groups is 1. The van der Waals surface area contributed by atoms with E-state index >= 15 is 0 Å². The van der Waals surface area contributed by atoms with Crippen molar-refractivity contribution in [1.82, 2.24) is 5.32 Å². The minimum absolute atomic E-state index is 0.139. The summed E-state index contributed by atoms with van der Waals surface area (Å²) in [5, 5.41) is 5.89. The molecule has 2 atom stereocenters. The number of halogens is 1. The van der Waals surface area contributed by atoms with Crippen LogP contribution in [0.2, 0.25) is 0 Å². The second kappa shape index (κ2) is 6.51. The lowest BCUT2D eigenvalue weighted by atomic mass is 9.97. The normalized spacial score (nSPS) is 19.5. The average molecular weight is 321 g/mol. The van der Waals surface area contributed by atoms with Crippen molar-refractivity contribution in [3.63, 3.8) is 0 Å². The summed E-state index contributed by atoms with van der Waals surface area (Å²) in [5.41, 5.74) is 1.12. The Morgan fingerprint density at radius 2 is 2.14 bits per heavy atom. The molecular weight excluding hydrogens is 301 g/mol. The summed E-state index contributed by atoms with van der Waals surface area (Å²) in [7, 11) is 0. The van der Waals surface area contributed by atoms with E-state index in [1.165, 1.54) is 9.77 Å². The number of hydrogen-bond acceptors (Lipinski definition) is 3. The van der Waals surface area contributed by atoms with Gasteiger partial charge >= 0.3 is 0 Å². The van der Waals surface area contributed by atoms with Gasteiger partial charge in [0.25, 0.3) is 0 Å². The van der Waals surface area contributed by atoms with Crippen molar-refractivity contribution < 1.29 is 4.39 Å². The molecule has 1 aromatic carbocycles. The Balaban J connectivity index is 1.86. The van der Waals surface area contributed by atoms with Crippen LogP contribution in [-0.2, 0) is 0 Å². The summed E-state index contributed by atoms with van der Waals surface area (Å²) in [6.07, 6.45) is 1.05. The van der Waals surface area contributed by atoms with Crippen molar-refractivity contribution in [2.24, 2.45) is 5.92 Å². The zero-order chi connectivity index (χ0) is 14.8. The van der Waals surface area contributed by atoms with Crippen LogP contribution in [0.15, 0.2) is 40.6 Å². The highest BCUT2D eigenvalue weighted by atomic mass is 32.2. The fourth-order valence-electron chi connectivity index (χ4n) is 2.83. The van der Waals surface area contributed by atoms with Gasteiger partial charge in [-0.05, 0) is 53.3 Å². The summed E-state index contributed by atoms with van der Waals surface area (Å²) in [6.45, 7) is 4.48. The molecule has 0 fully saturated rings. The first-order valence-electron chi connectivity index (χ1n) is 7.37. The van der Waals surface area contributed by atoms with Crippen molar-refractivity contribution in [2.45, 2.75) is 37.2 Å². The summed E-state index contributed by atoms with van der Waals surface area (Å²) < 4.78 is 13.6. The lowest BCUT2D eigenvalue weighted by Gasteiger charge is -2.31. The highest BCUT2D eigenvalue weighted by Crippen LogP contribution is 2.39. The van der Waals surface area contributed by atoms with Crippen LogP contribution in [-0.4, -0.2) is 5.75 Å². The van der Waals surface area contributed by atoms with Crippen LogP contribution in [0, 0.1) is 11.7 Å². The highest BCUT2D eigenvalue weighted by molar-refractivity contribution is 7.99. The summed E-state index contributed by atoms with van der Waals surface area (Å²) >= 11 is 3.62. The van der Waals surface area contributed by atoms with Gasteiger partial charge in [0, 0.05) is 21.9 Å². The molecule has 0 aliphatic carbocycles. The Kier molecular flexibility index (Phi) is 4.67. The Labute approximate surface area is 134 Å². The lowest BCUT2D eigenvalue weighted by molar-refractivity contribution is 0.357. The average Bonchev–Trinajstić information content (AvgIpc) is 2.98. The van der Waals surface area contributed by atoms with Gasteiger partial charge in [0.05, 0.1) is 0 Å². The molecule has 0 radical (unpaired) electrons. The van der Waals surface area contributed by atoms with E-state index in [0.717, 1.165) is 17.7 Å². The maximum Gasteiger partial charge on any atom is 0.123 e. The summed E-state index contributed by atoms with van der Waals surface area (Å²) in [4.78, 5) is 2.58. The molecule has 0 bridgehead atoms. The summed E-state index contributed by atoms with van der Waals surface area (Å²) in [5.74, 6) is 1.46. The number of nitrogens with one attached hydrogen (secondary N) is 1. The van der Waals surface area contributed by atoms with Crippen LogP contribution in [0.3, 0.4) is 0 Å². The van der Waals surface area contributed by atoms with Gasteiger partial charge in [-0.3, -0.25) is 0 Å². The molecular formula is C17H20FNS2. The number of fused-ring (bicyclic) bond motifs is 1. The van der Waals surface area contributed by atoms with E-state index in [0.29, 0.717) is 12.0 Å². The third kappa shape index (κ3) is 3.33. The first kappa shape index (κ1) is 15.1. The van der Waals surface area contributed by atoms with Gasteiger partial charge in [0.2, 0.25) is 0 Å². The second-order valence-electron chi connectivity index (χ2n) is 5.78. The number of hydrogen-bond donors (Lipinski definition) is 1. The smallest absolute Gasteiger partial charge is 0.123 e. The van der Waals surface area contributed by atoms with E-state index in [1.807, 2.05) is 17.8 Å². The van der Waals surface area contributed by atoms with E-state index in [1.54, 1.807) is 23.5 Å². The van der Waals surface area contributed by atoms with Crippen molar-refractivity contribution in [2.75, 3.05) is 5.75 Å². The fourth-order valence-corrected chi connectivity index (χ4v) is 4.89. The molecule has 1 aromatic heterocycles. The van der Waals surface area contributed by atoms with E-state index in [-0.39, 0.29) is 11.9 Å². The van der Waals surface area contributed by atoms with Crippen LogP contribution in [0.1, 0.15) is 42.8 Å². The largest absolute Gasteiger partial charge is 0.302 e. The molecule has 0 saturated carbocycles. The number of thiophene rings is 1. The van der Waals surface area contributed by atoms with E-state index in [9.17, 15) is 4.39 Å². The second-order valence-corrected chi connectivity index (χ2v) is 7.89. The monoisotopic (exact) mass is 321 g/mol. The standard InChI is InChI=1S/C17H20FNS2/c1-11(2)17(16-4-3-8-20-16)19-14-7-9-21-15-6-5-12(18)10-13(14)15/h3-6,8,10-11,14,17,19H,7,9H2,1-2H3. The maximum absolute atomic E-state index is 13.6. The van der Waals surface area contributed by atoms with Gasteiger partial charge < -0.3 is 5.32 Å². The molecule has 4 heteroatoms. The first-order valence-corrected chi connectivity index (χ1v) is 9.23. The molecule has 2 aromatic rings. The van der Waals surface area contributed by atoms with Gasteiger partial charge in [-0.25, -0.2) is 4.39 Å². The first-order chi connectivity index (χ1) is 10.1. The molecule has 1 N–H and O–H groups in total. The van der Waals surface area contributed by atoms with E-state index < -0.39 is 0 Å². The van der Waals surface area contributed by atoms with Crippen molar-refractivity contribution >= 4 is 23.1 Å². The Morgan fingerprint density at radius 3 is 2.86 bits per heavy atom. The fraction of sp³-hybridized carbons (Fsp3) is 0.412. The molecule has 21 heavy (non-hydrogen) atoms. The van der Waals surface area contributed by atoms with Crippen LogP contribution in [0.5, 0.6) is 0 Å². The van der Waals surface area contributed by atoms with E-state index in [4.69, 9.17) is 0 Å². The molecule has 0 saturated heterocycles. The predicted octanol–water partition coefficient (Wildman–Crippen LogP) is 5.41. The summed E-state index contributed by atoms with van der Waals surface area (Å²) in [6, 6.07) is 10.0. The third-order valence-electron chi connectivity index (χ3n) is 3.91.